The second-order valence-electron chi connectivity index (χ2n) is 5.71. The number of hydrogen-bond acceptors (Lipinski definition) is 3. The van der Waals surface area contributed by atoms with E-state index in [-0.39, 0.29) is 0 Å². The van der Waals surface area contributed by atoms with Gasteiger partial charge in [0.05, 0.1) is 6.61 Å². The molecule has 0 radical (unpaired) electrons. The highest BCUT2D eigenvalue weighted by molar-refractivity contribution is 9.10. The molecule has 0 amide bonds. The predicted molar refractivity (Wildman–Crippen MR) is 108 cm³/mol. The van der Waals surface area contributed by atoms with Gasteiger partial charge in [0.25, 0.3) is 0 Å². The Morgan fingerprint density at radius 3 is 2.72 bits per heavy atom. The topological polar surface area (TPSA) is 58.0 Å². The molecule has 6 heteroatoms. The molecule has 25 heavy (non-hydrogen) atoms. The van der Waals surface area contributed by atoms with Crippen LogP contribution >= 0.6 is 27.3 Å². The van der Waals surface area contributed by atoms with Gasteiger partial charge in [-0.15, -0.1) is 11.3 Å². The molecule has 1 aromatic heterocycles. The van der Waals surface area contributed by atoms with Gasteiger partial charge >= 0.3 is 0 Å². The molecule has 2 aromatic carbocycles. The third kappa shape index (κ3) is 4.34. The second kappa shape index (κ2) is 8.39. The normalized spacial score (nSPS) is 10.6. The number of rotatable bonds is 7. The van der Waals surface area contributed by atoms with E-state index in [4.69, 9.17) is 10.3 Å². The Hall–Kier alpha value is -2.01. The van der Waals surface area contributed by atoms with Crippen LogP contribution in [0.5, 0.6) is 5.75 Å². The number of aryl methyl sites for hydroxylation is 1. The quantitative estimate of drug-likeness (QED) is 0.175. The maximum absolute atomic E-state index is 8.25. The van der Waals surface area contributed by atoms with E-state index in [0.717, 1.165) is 23.1 Å². The van der Waals surface area contributed by atoms with E-state index in [1.807, 2.05) is 6.07 Å². The number of thiophene rings is 1. The fraction of sp³-hybridized carbons (Fsp3) is 0.263. The Balaban J connectivity index is 1.76. The predicted octanol–water partition coefficient (Wildman–Crippen LogP) is 7.11. The lowest BCUT2D eigenvalue weighted by molar-refractivity contribution is 0.308. The minimum Gasteiger partial charge on any atom is -0.494 e. The summed E-state index contributed by atoms with van der Waals surface area (Å²) in [5.74, 6) is 0.889. The van der Waals surface area contributed by atoms with Crippen LogP contribution in [0.25, 0.3) is 31.7 Å². The van der Waals surface area contributed by atoms with Gasteiger partial charge in [-0.05, 0) is 61.2 Å². The first-order valence-corrected chi connectivity index (χ1v) is 9.73. The molecule has 0 aliphatic carbocycles. The van der Waals surface area contributed by atoms with E-state index in [2.05, 4.69) is 69.3 Å². The standard InChI is InChI=1S/C19H18BrN3OS/c1-13-19(14-4-6-15(20)7-5-14)17-9-8-16(12-18(17)25-13)24-11-3-2-10-22-23-21/h4-9,12H,2-3,10-11H2,1H3. The average molecular weight is 416 g/mol. The third-order valence-electron chi connectivity index (χ3n) is 3.95. The van der Waals surface area contributed by atoms with E-state index >= 15 is 0 Å². The number of azide groups is 1. The van der Waals surface area contributed by atoms with E-state index in [0.29, 0.717) is 13.2 Å². The number of ether oxygens (including phenoxy) is 1. The van der Waals surface area contributed by atoms with Crippen molar-refractivity contribution < 1.29 is 4.74 Å². The number of unbranched alkanes of at least 4 members (excludes halogenated alkanes) is 1. The summed E-state index contributed by atoms with van der Waals surface area (Å²) in [5.41, 5.74) is 10.8. The van der Waals surface area contributed by atoms with Gasteiger partial charge in [0, 0.05) is 36.5 Å². The first kappa shape index (κ1) is 17.8. The van der Waals surface area contributed by atoms with Crippen LogP contribution in [0.2, 0.25) is 0 Å². The first-order chi connectivity index (χ1) is 12.2. The smallest absolute Gasteiger partial charge is 0.120 e. The van der Waals surface area contributed by atoms with Crippen LogP contribution in [-0.2, 0) is 0 Å². The van der Waals surface area contributed by atoms with Crippen molar-refractivity contribution in [2.24, 2.45) is 5.11 Å². The summed E-state index contributed by atoms with van der Waals surface area (Å²) < 4.78 is 8.16. The van der Waals surface area contributed by atoms with Crippen LogP contribution in [-0.4, -0.2) is 13.2 Å². The highest BCUT2D eigenvalue weighted by atomic mass is 79.9. The molecule has 128 valence electrons. The lowest BCUT2D eigenvalue weighted by Crippen LogP contribution is -1.97. The van der Waals surface area contributed by atoms with Crippen molar-refractivity contribution in [3.05, 3.63) is 62.3 Å². The molecule has 0 aliphatic rings. The van der Waals surface area contributed by atoms with Gasteiger partial charge < -0.3 is 4.74 Å². The van der Waals surface area contributed by atoms with Gasteiger partial charge in [-0.3, -0.25) is 0 Å². The Labute approximate surface area is 159 Å². The average Bonchev–Trinajstić information content (AvgIpc) is 2.94. The van der Waals surface area contributed by atoms with Crippen LogP contribution in [0.4, 0.5) is 0 Å². The molecule has 0 unspecified atom stereocenters. The maximum atomic E-state index is 8.25. The Bertz CT molecular complexity index is 914. The summed E-state index contributed by atoms with van der Waals surface area (Å²) in [6.07, 6.45) is 1.72. The SMILES string of the molecule is Cc1sc2cc(OCCCCN=[N+]=[N-])ccc2c1-c1ccc(Br)cc1. The summed E-state index contributed by atoms with van der Waals surface area (Å²) in [6, 6.07) is 14.7. The first-order valence-electron chi connectivity index (χ1n) is 8.12. The molecule has 3 rings (SSSR count). The number of halogens is 1. The van der Waals surface area contributed by atoms with E-state index in [1.54, 1.807) is 11.3 Å². The monoisotopic (exact) mass is 415 g/mol. The summed E-state index contributed by atoms with van der Waals surface area (Å²) in [5, 5.41) is 4.79. The lowest BCUT2D eigenvalue weighted by Gasteiger charge is -2.06. The van der Waals surface area contributed by atoms with E-state index in [9.17, 15) is 0 Å². The minimum atomic E-state index is 0.527. The fourth-order valence-electron chi connectivity index (χ4n) is 2.78. The fourth-order valence-corrected chi connectivity index (χ4v) is 4.16. The summed E-state index contributed by atoms with van der Waals surface area (Å²) in [7, 11) is 0. The van der Waals surface area contributed by atoms with Crippen molar-refractivity contribution in [2.75, 3.05) is 13.2 Å². The Kier molecular flexibility index (Phi) is 5.97. The molecule has 0 fully saturated rings. The van der Waals surface area contributed by atoms with Crippen molar-refractivity contribution in [2.45, 2.75) is 19.8 Å². The Morgan fingerprint density at radius 2 is 1.96 bits per heavy atom. The van der Waals surface area contributed by atoms with E-state index < -0.39 is 0 Å². The van der Waals surface area contributed by atoms with Crippen LogP contribution in [0.3, 0.4) is 0 Å². The number of fused-ring (bicyclic) bond motifs is 1. The molecule has 0 saturated carbocycles. The van der Waals surface area contributed by atoms with Crippen molar-refractivity contribution in [3.8, 4) is 16.9 Å². The van der Waals surface area contributed by atoms with Crippen LogP contribution in [0.15, 0.2) is 52.1 Å². The third-order valence-corrected chi connectivity index (χ3v) is 5.55. The molecule has 0 N–H and O–H groups in total. The molecule has 1 heterocycles. The molecule has 3 aromatic rings. The Morgan fingerprint density at radius 1 is 1.16 bits per heavy atom. The van der Waals surface area contributed by atoms with Crippen LogP contribution in [0, 0.1) is 6.92 Å². The molecule has 0 bridgehead atoms. The van der Waals surface area contributed by atoms with Crippen LogP contribution < -0.4 is 4.74 Å². The van der Waals surface area contributed by atoms with Gasteiger partial charge in [-0.25, -0.2) is 0 Å². The molecular formula is C19H18BrN3OS. The second-order valence-corrected chi connectivity index (χ2v) is 7.88. The molecule has 0 spiro atoms. The molecule has 4 nitrogen and oxygen atoms in total. The molecular weight excluding hydrogens is 398 g/mol. The summed E-state index contributed by atoms with van der Waals surface area (Å²) in [6.45, 7) is 3.33. The number of nitrogens with zero attached hydrogens (tertiary/aromatic N) is 3. The van der Waals surface area contributed by atoms with Crippen molar-refractivity contribution >= 4 is 37.4 Å². The number of hydrogen-bond donors (Lipinski definition) is 0. The molecule has 0 atom stereocenters. The van der Waals surface area contributed by atoms with Crippen molar-refractivity contribution in [1.29, 1.82) is 0 Å². The minimum absolute atomic E-state index is 0.527. The largest absolute Gasteiger partial charge is 0.494 e. The maximum Gasteiger partial charge on any atom is 0.120 e. The zero-order chi connectivity index (χ0) is 17.6. The summed E-state index contributed by atoms with van der Waals surface area (Å²) in [4.78, 5) is 4.06. The molecule has 0 aliphatic heterocycles. The zero-order valence-corrected chi connectivity index (χ0v) is 16.3. The van der Waals surface area contributed by atoms with Gasteiger partial charge in [-0.2, -0.15) is 0 Å². The molecule has 0 saturated heterocycles. The van der Waals surface area contributed by atoms with E-state index in [1.165, 1.54) is 26.1 Å². The van der Waals surface area contributed by atoms with Crippen molar-refractivity contribution in [3.63, 3.8) is 0 Å². The highest BCUT2D eigenvalue weighted by Crippen LogP contribution is 2.40. The van der Waals surface area contributed by atoms with Gasteiger partial charge in [0.2, 0.25) is 0 Å². The van der Waals surface area contributed by atoms with Crippen molar-refractivity contribution in [1.82, 2.24) is 0 Å². The lowest BCUT2D eigenvalue weighted by atomic mass is 10.0. The highest BCUT2D eigenvalue weighted by Gasteiger charge is 2.12. The zero-order valence-electron chi connectivity index (χ0n) is 13.9. The van der Waals surface area contributed by atoms with Gasteiger partial charge in [0.1, 0.15) is 5.75 Å². The number of benzene rings is 2. The summed E-state index contributed by atoms with van der Waals surface area (Å²) >= 11 is 5.29. The van der Waals surface area contributed by atoms with Gasteiger partial charge in [-0.1, -0.05) is 33.2 Å². The van der Waals surface area contributed by atoms with Gasteiger partial charge in [0.15, 0.2) is 0 Å². The van der Waals surface area contributed by atoms with Crippen LogP contribution in [0.1, 0.15) is 17.7 Å².